The number of hydrogen-bond donors (Lipinski definition) is 0. The van der Waals surface area contributed by atoms with E-state index in [9.17, 15) is 0 Å². The molecular formula is C32H30N4. The molecule has 0 bridgehead atoms. The van der Waals surface area contributed by atoms with Gasteiger partial charge in [0.05, 0.1) is 28.4 Å². The monoisotopic (exact) mass is 470 g/mol. The van der Waals surface area contributed by atoms with Gasteiger partial charge >= 0.3 is 0 Å². The van der Waals surface area contributed by atoms with Crippen molar-refractivity contribution in [1.82, 2.24) is 4.98 Å². The van der Waals surface area contributed by atoms with Crippen molar-refractivity contribution < 1.29 is 0 Å². The number of anilines is 5. The lowest BCUT2D eigenvalue weighted by Gasteiger charge is -2.40. The highest BCUT2D eigenvalue weighted by molar-refractivity contribution is 5.97. The van der Waals surface area contributed by atoms with Crippen LogP contribution in [0.2, 0.25) is 0 Å². The number of nitrogens with zero attached hydrogens (tertiary/aromatic N) is 4. The Bertz CT molecular complexity index is 1310. The van der Waals surface area contributed by atoms with Crippen molar-refractivity contribution in [3.8, 4) is 0 Å². The van der Waals surface area contributed by atoms with E-state index in [2.05, 4.69) is 105 Å². The Hall–Kier alpha value is -4.44. The summed E-state index contributed by atoms with van der Waals surface area (Å²) in [7, 11) is 0. The van der Waals surface area contributed by atoms with Gasteiger partial charge in [0, 0.05) is 36.8 Å². The SMILES string of the molecule is C=C/C(=C\C=NCCCCN1c2ccccc2N(c2ccccc2)c2ccccc21)c1ccccn1. The predicted molar refractivity (Wildman–Crippen MR) is 153 cm³/mol. The minimum absolute atomic E-state index is 0.788. The van der Waals surface area contributed by atoms with Gasteiger partial charge in [-0.3, -0.25) is 9.98 Å². The average Bonchev–Trinajstić information content (AvgIpc) is 2.95. The summed E-state index contributed by atoms with van der Waals surface area (Å²) < 4.78 is 0. The molecule has 0 fully saturated rings. The van der Waals surface area contributed by atoms with Gasteiger partial charge in [-0.1, -0.05) is 61.2 Å². The molecule has 0 spiro atoms. The fourth-order valence-corrected chi connectivity index (χ4v) is 4.59. The van der Waals surface area contributed by atoms with Crippen LogP contribution < -0.4 is 9.80 Å². The quantitative estimate of drug-likeness (QED) is 0.141. The van der Waals surface area contributed by atoms with E-state index < -0.39 is 0 Å². The van der Waals surface area contributed by atoms with Gasteiger partial charge in [-0.2, -0.15) is 0 Å². The van der Waals surface area contributed by atoms with E-state index in [1.165, 1.54) is 28.4 Å². The van der Waals surface area contributed by atoms with Gasteiger partial charge < -0.3 is 9.80 Å². The Morgan fingerprint density at radius 1 is 0.750 bits per heavy atom. The zero-order valence-corrected chi connectivity index (χ0v) is 20.4. The molecule has 0 atom stereocenters. The molecule has 178 valence electrons. The molecule has 4 heteroatoms. The first-order valence-corrected chi connectivity index (χ1v) is 12.4. The highest BCUT2D eigenvalue weighted by Crippen LogP contribution is 2.50. The summed E-state index contributed by atoms with van der Waals surface area (Å²) in [6, 6.07) is 33.8. The molecule has 0 saturated carbocycles. The molecule has 5 rings (SSSR count). The summed E-state index contributed by atoms with van der Waals surface area (Å²) in [4.78, 5) is 13.8. The third-order valence-electron chi connectivity index (χ3n) is 6.30. The number of rotatable bonds is 9. The first-order chi connectivity index (χ1) is 17.9. The Labute approximate surface area is 213 Å². The zero-order valence-electron chi connectivity index (χ0n) is 20.4. The smallest absolute Gasteiger partial charge is 0.0702 e. The van der Waals surface area contributed by atoms with Crippen molar-refractivity contribution in [3.05, 3.63) is 128 Å². The third kappa shape index (κ3) is 4.98. The maximum atomic E-state index is 4.60. The van der Waals surface area contributed by atoms with Gasteiger partial charge in [0.25, 0.3) is 0 Å². The number of benzene rings is 3. The maximum Gasteiger partial charge on any atom is 0.0702 e. The van der Waals surface area contributed by atoms with Crippen LogP contribution in [-0.2, 0) is 0 Å². The summed E-state index contributed by atoms with van der Waals surface area (Å²) in [5.74, 6) is 0. The van der Waals surface area contributed by atoms with E-state index in [0.717, 1.165) is 37.2 Å². The van der Waals surface area contributed by atoms with Crippen molar-refractivity contribution in [2.24, 2.45) is 4.99 Å². The lowest BCUT2D eigenvalue weighted by Crippen LogP contribution is -2.28. The van der Waals surface area contributed by atoms with Crippen molar-refractivity contribution in [2.45, 2.75) is 12.8 Å². The Balaban J connectivity index is 1.28. The number of aromatic nitrogens is 1. The van der Waals surface area contributed by atoms with E-state index in [-0.39, 0.29) is 0 Å². The van der Waals surface area contributed by atoms with Gasteiger partial charge in [0.1, 0.15) is 0 Å². The van der Waals surface area contributed by atoms with Crippen LogP contribution in [0.25, 0.3) is 5.57 Å². The van der Waals surface area contributed by atoms with Gasteiger partial charge in [0.15, 0.2) is 0 Å². The van der Waals surface area contributed by atoms with E-state index >= 15 is 0 Å². The van der Waals surface area contributed by atoms with E-state index in [4.69, 9.17) is 0 Å². The second-order valence-electron chi connectivity index (χ2n) is 8.60. The topological polar surface area (TPSA) is 31.7 Å². The fourth-order valence-electron chi connectivity index (χ4n) is 4.59. The summed E-state index contributed by atoms with van der Waals surface area (Å²) in [6.07, 6.45) is 9.52. The molecule has 0 unspecified atom stereocenters. The molecule has 0 radical (unpaired) electrons. The standard InChI is InChI=1S/C32H30N4/c1-2-26(28-16-10-11-23-34-28)21-24-33-22-12-13-25-35-29-17-6-8-19-31(29)36(27-14-4-3-5-15-27)32-20-9-7-18-30(32)35/h2-11,14-21,23-24H,1,12-13,22,25H2/b26-21+,33-24?. The first kappa shape index (κ1) is 23.3. The van der Waals surface area contributed by atoms with Crippen LogP contribution in [0, 0.1) is 0 Å². The van der Waals surface area contributed by atoms with E-state index in [1.54, 1.807) is 6.20 Å². The van der Waals surface area contributed by atoms with Crippen LogP contribution in [0.5, 0.6) is 0 Å². The van der Waals surface area contributed by atoms with Crippen LogP contribution in [0.1, 0.15) is 18.5 Å². The molecule has 2 heterocycles. The van der Waals surface area contributed by atoms with Crippen molar-refractivity contribution in [1.29, 1.82) is 0 Å². The molecule has 36 heavy (non-hydrogen) atoms. The first-order valence-electron chi connectivity index (χ1n) is 12.4. The number of hydrogen-bond acceptors (Lipinski definition) is 4. The maximum absolute atomic E-state index is 4.60. The van der Waals surface area contributed by atoms with Gasteiger partial charge in [0.2, 0.25) is 0 Å². The number of unbranched alkanes of at least 4 members (excludes halogenated alkanes) is 1. The summed E-state index contributed by atoms with van der Waals surface area (Å²) >= 11 is 0. The lowest BCUT2D eigenvalue weighted by atomic mass is 10.1. The van der Waals surface area contributed by atoms with Crippen LogP contribution >= 0.6 is 0 Å². The van der Waals surface area contributed by atoms with Crippen LogP contribution in [-0.4, -0.2) is 24.3 Å². The number of para-hydroxylation sites is 5. The largest absolute Gasteiger partial charge is 0.338 e. The zero-order chi connectivity index (χ0) is 24.6. The van der Waals surface area contributed by atoms with Crippen LogP contribution in [0.4, 0.5) is 28.4 Å². The van der Waals surface area contributed by atoms with Gasteiger partial charge in [-0.15, -0.1) is 0 Å². The summed E-state index contributed by atoms with van der Waals surface area (Å²) in [5.41, 5.74) is 7.93. The number of allylic oxidation sites excluding steroid dienone is 3. The van der Waals surface area contributed by atoms with Crippen molar-refractivity contribution in [3.63, 3.8) is 0 Å². The van der Waals surface area contributed by atoms with E-state index in [0.29, 0.717) is 0 Å². The average molecular weight is 471 g/mol. The molecule has 0 saturated heterocycles. The minimum atomic E-state index is 0.788. The molecule has 4 nitrogen and oxygen atoms in total. The Kier molecular flexibility index (Phi) is 7.33. The van der Waals surface area contributed by atoms with E-state index in [1.807, 2.05) is 36.6 Å². The minimum Gasteiger partial charge on any atom is -0.338 e. The molecule has 4 aromatic rings. The number of aliphatic imine (C=N–C) groups is 1. The van der Waals surface area contributed by atoms with Crippen LogP contribution in [0.15, 0.2) is 127 Å². The Morgan fingerprint density at radius 2 is 1.39 bits per heavy atom. The molecule has 1 aromatic heterocycles. The van der Waals surface area contributed by atoms with Gasteiger partial charge in [-0.25, -0.2) is 0 Å². The number of fused-ring (bicyclic) bond motifs is 2. The fraction of sp³-hybridized carbons (Fsp3) is 0.125. The molecule has 0 aliphatic carbocycles. The summed E-state index contributed by atoms with van der Waals surface area (Å²) in [5, 5.41) is 0. The Morgan fingerprint density at radius 3 is 2.03 bits per heavy atom. The molecule has 3 aromatic carbocycles. The van der Waals surface area contributed by atoms with Crippen LogP contribution in [0.3, 0.4) is 0 Å². The molecular weight excluding hydrogens is 440 g/mol. The van der Waals surface area contributed by atoms with Crippen molar-refractivity contribution in [2.75, 3.05) is 22.9 Å². The molecule has 1 aliphatic heterocycles. The normalized spacial score (nSPS) is 12.9. The van der Waals surface area contributed by atoms with Gasteiger partial charge in [-0.05, 0) is 67.4 Å². The summed E-state index contributed by atoms with van der Waals surface area (Å²) in [6.45, 7) is 5.63. The number of pyridine rings is 1. The third-order valence-corrected chi connectivity index (χ3v) is 6.30. The highest BCUT2D eigenvalue weighted by Gasteiger charge is 2.28. The second-order valence-corrected chi connectivity index (χ2v) is 8.60. The lowest BCUT2D eigenvalue weighted by molar-refractivity contribution is 0.742. The highest BCUT2D eigenvalue weighted by atomic mass is 15.3. The van der Waals surface area contributed by atoms with Crippen molar-refractivity contribution >= 4 is 40.2 Å². The predicted octanol–water partition coefficient (Wildman–Crippen LogP) is 8.12. The molecule has 1 aliphatic rings. The molecule has 0 N–H and O–H groups in total. The second kappa shape index (κ2) is 11.3. The molecule has 0 amide bonds.